The van der Waals surface area contributed by atoms with Crippen LogP contribution in [-0.2, 0) is 0 Å². The molecule has 0 saturated heterocycles. The molecule has 1 aromatic rings. The fourth-order valence-electron chi connectivity index (χ4n) is 2.26. The molecule has 1 aromatic carbocycles. The first-order valence-corrected chi connectivity index (χ1v) is 7.33. The molecule has 0 bridgehead atoms. The summed E-state index contributed by atoms with van der Waals surface area (Å²) >= 11 is 12.1. The van der Waals surface area contributed by atoms with Crippen molar-refractivity contribution in [2.75, 3.05) is 26.7 Å². The molecule has 2 unspecified atom stereocenters. The maximum atomic E-state index is 11.7. The molecule has 0 aromatic heterocycles. The summed E-state index contributed by atoms with van der Waals surface area (Å²) in [5, 5.41) is 13.0. The summed E-state index contributed by atoms with van der Waals surface area (Å²) in [4.78, 5) is 13.1. The Morgan fingerprint density at radius 1 is 1.50 bits per heavy atom. The Kier molecular flexibility index (Phi) is 5.13. The molecule has 1 aliphatic carbocycles. The van der Waals surface area contributed by atoms with E-state index in [-0.39, 0.29) is 12.6 Å². The molecule has 1 aliphatic rings. The van der Waals surface area contributed by atoms with Crippen molar-refractivity contribution in [3.05, 3.63) is 33.8 Å². The van der Waals surface area contributed by atoms with E-state index in [1.807, 2.05) is 12.1 Å². The van der Waals surface area contributed by atoms with Crippen LogP contribution < -0.4 is 5.32 Å². The van der Waals surface area contributed by atoms with E-state index >= 15 is 0 Å². The third-order valence-corrected chi connectivity index (χ3v) is 4.14. The minimum absolute atomic E-state index is 0.0314. The lowest BCUT2D eigenvalue weighted by atomic mass is 10.1. The van der Waals surface area contributed by atoms with Crippen molar-refractivity contribution in [3.8, 4) is 0 Å². The number of likely N-dealkylation sites (N-methyl/N-ethyl adjacent to an activating group) is 1. The monoisotopic (exact) mass is 316 g/mol. The van der Waals surface area contributed by atoms with Crippen LogP contribution in [-0.4, -0.2) is 42.8 Å². The lowest BCUT2D eigenvalue weighted by Crippen LogP contribution is -2.39. The number of rotatable bonds is 5. The maximum Gasteiger partial charge on any atom is 0.317 e. The summed E-state index contributed by atoms with van der Waals surface area (Å²) < 4.78 is 0. The van der Waals surface area contributed by atoms with Crippen molar-refractivity contribution in [1.29, 1.82) is 0 Å². The number of aliphatic hydroxyl groups excluding tert-OH is 1. The van der Waals surface area contributed by atoms with Crippen molar-refractivity contribution in [3.63, 3.8) is 0 Å². The average Bonchev–Trinajstić information content (AvgIpc) is 3.15. The molecule has 2 N–H and O–H groups in total. The first-order chi connectivity index (χ1) is 9.52. The molecule has 1 saturated carbocycles. The zero-order chi connectivity index (χ0) is 14.7. The number of nitrogens with zero attached hydrogens (tertiary/aromatic N) is 1. The van der Waals surface area contributed by atoms with Gasteiger partial charge in [0.1, 0.15) is 0 Å². The number of urea groups is 1. The normalized spacial score (nSPS) is 20.6. The molecular formula is C14H18Cl2N2O2. The van der Waals surface area contributed by atoms with Gasteiger partial charge in [0.05, 0.1) is 6.61 Å². The number of hydrogen-bond donors (Lipinski definition) is 2. The lowest BCUT2D eigenvalue weighted by Gasteiger charge is -2.16. The second-order valence-corrected chi connectivity index (χ2v) is 5.94. The van der Waals surface area contributed by atoms with Crippen molar-refractivity contribution >= 4 is 29.2 Å². The number of aliphatic hydroxyl groups is 1. The Morgan fingerprint density at radius 3 is 2.90 bits per heavy atom. The van der Waals surface area contributed by atoms with Crippen LogP contribution in [0.15, 0.2) is 18.2 Å². The van der Waals surface area contributed by atoms with Gasteiger partial charge in [-0.05, 0) is 36.0 Å². The van der Waals surface area contributed by atoms with Crippen LogP contribution in [0, 0.1) is 5.92 Å². The minimum Gasteiger partial charge on any atom is -0.395 e. The topological polar surface area (TPSA) is 52.6 Å². The molecule has 20 heavy (non-hydrogen) atoms. The van der Waals surface area contributed by atoms with Crippen LogP contribution in [0.1, 0.15) is 17.9 Å². The Morgan fingerprint density at radius 2 is 2.25 bits per heavy atom. The molecule has 4 nitrogen and oxygen atoms in total. The molecule has 1 fully saturated rings. The number of carbonyl (C=O) groups excluding carboxylic acids is 1. The van der Waals surface area contributed by atoms with Gasteiger partial charge in [-0.2, -0.15) is 0 Å². The van der Waals surface area contributed by atoms with Crippen molar-refractivity contribution < 1.29 is 9.90 Å². The predicted molar refractivity (Wildman–Crippen MR) is 80.4 cm³/mol. The summed E-state index contributed by atoms with van der Waals surface area (Å²) in [6.45, 7) is 0.928. The lowest BCUT2D eigenvalue weighted by molar-refractivity contribution is 0.190. The maximum absolute atomic E-state index is 11.7. The van der Waals surface area contributed by atoms with E-state index in [0.717, 1.165) is 12.0 Å². The van der Waals surface area contributed by atoms with Gasteiger partial charge in [-0.25, -0.2) is 4.79 Å². The summed E-state index contributed by atoms with van der Waals surface area (Å²) in [5.74, 6) is 0.809. The molecule has 6 heteroatoms. The third kappa shape index (κ3) is 3.78. The van der Waals surface area contributed by atoms with Crippen LogP contribution in [0.25, 0.3) is 0 Å². The van der Waals surface area contributed by atoms with Crippen LogP contribution in [0.4, 0.5) is 4.79 Å². The highest BCUT2D eigenvalue weighted by Gasteiger charge is 2.39. The van der Waals surface area contributed by atoms with E-state index in [9.17, 15) is 4.79 Å². The molecule has 0 radical (unpaired) electrons. The molecule has 2 rings (SSSR count). The third-order valence-electron chi connectivity index (χ3n) is 3.58. The van der Waals surface area contributed by atoms with Crippen molar-refractivity contribution in [1.82, 2.24) is 10.2 Å². The Labute approximate surface area is 128 Å². The van der Waals surface area contributed by atoms with Gasteiger partial charge < -0.3 is 15.3 Å². The van der Waals surface area contributed by atoms with Gasteiger partial charge in [0, 0.05) is 30.2 Å². The van der Waals surface area contributed by atoms with Gasteiger partial charge in [-0.3, -0.25) is 0 Å². The number of hydrogen-bond acceptors (Lipinski definition) is 2. The van der Waals surface area contributed by atoms with Crippen LogP contribution in [0.5, 0.6) is 0 Å². The van der Waals surface area contributed by atoms with Gasteiger partial charge in [0.2, 0.25) is 0 Å². The minimum atomic E-state index is -0.160. The highest BCUT2D eigenvalue weighted by Crippen LogP contribution is 2.49. The fourth-order valence-corrected chi connectivity index (χ4v) is 2.81. The summed E-state index contributed by atoms with van der Waals surface area (Å²) in [6.07, 6.45) is 1.02. The van der Waals surface area contributed by atoms with Gasteiger partial charge in [0.25, 0.3) is 0 Å². The summed E-state index contributed by atoms with van der Waals surface area (Å²) in [5.41, 5.74) is 1.10. The van der Waals surface area contributed by atoms with E-state index in [4.69, 9.17) is 28.3 Å². The Balaban J connectivity index is 1.82. The number of nitrogens with one attached hydrogen (secondary N) is 1. The number of benzene rings is 1. The van der Waals surface area contributed by atoms with E-state index in [0.29, 0.717) is 35.0 Å². The SMILES string of the molecule is CN(CCO)C(=O)NCC1CC1c1ccc(Cl)cc1Cl. The zero-order valence-corrected chi connectivity index (χ0v) is 12.8. The average molecular weight is 317 g/mol. The Hall–Kier alpha value is -0.970. The first kappa shape index (κ1) is 15.4. The first-order valence-electron chi connectivity index (χ1n) is 6.57. The van der Waals surface area contributed by atoms with Crippen molar-refractivity contribution in [2.24, 2.45) is 5.92 Å². The smallest absolute Gasteiger partial charge is 0.317 e. The second-order valence-electron chi connectivity index (χ2n) is 5.10. The summed E-state index contributed by atoms with van der Waals surface area (Å²) in [7, 11) is 1.66. The number of amides is 2. The van der Waals surface area contributed by atoms with Gasteiger partial charge in [-0.1, -0.05) is 29.3 Å². The van der Waals surface area contributed by atoms with Gasteiger partial charge >= 0.3 is 6.03 Å². The molecule has 0 heterocycles. The van der Waals surface area contributed by atoms with E-state index in [1.54, 1.807) is 13.1 Å². The van der Waals surface area contributed by atoms with Gasteiger partial charge in [0.15, 0.2) is 0 Å². The largest absolute Gasteiger partial charge is 0.395 e. The van der Waals surface area contributed by atoms with Crippen LogP contribution >= 0.6 is 23.2 Å². The zero-order valence-electron chi connectivity index (χ0n) is 11.3. The quantitative estimate of drug-likeness (QED) is 0.877. The predicted octanol–water partition coefficient (Wildman–Crippen LogP) is 2.73. The second kappa shape index (κ2) is 6.66. The molecule has 2 amide bonds. The fraction of sp³-hybridized carbons (Fsp3) is 0.500. The molecular weight excluding hydrogens is 299 g/mol. The molecule has 110 valence electrons. The number of halogens is 2. The Bertz CT molecular complexity index is 496. The molecule has 0 aliphatic heterocycles. The van der Waals surface area contributed by atoms with Gasteiger partial charge in [-0.15, -0.1) is 0 Å². The number of carbonyl (C=O) groups is 1. The van der Waals surface area contributed by atoms with Crippen LogP contribution in [0.3, 0.4) is 0 Å². The standard InChI is InChI=1S/C14H18Cl2N2O2/c1-18(4-5-19)14(20)17-8-9-6-12(9)11-3-2-10(15)7-13(11)16/h2-3,7,9,12,19H,4-6,8H2,1H3,(H,17,20). The summed E-state index contributed by atoms with van der Waals surface area (Å²) in [6, 6.07) is 5.38. The molecule has 2 atom stereocenters. The molecule has 0 spiro atoms. The van der Waals surface area contributed by atoms with E-state index < -0.39 is 0 Å². The van der Waals surface area contributed by atoms with E-state index in [1.165, 1.54) is 4.90 Å². The highest BCUT2D eigenvalue weighted by molar-refractivity contribution is 6.35. The highest BCUT2D eigenvalue weighted by atomic mass is 35.5. The van der Waals surface area contributed by atoms with E-state index in [2.05, 4.69) is 5.32 Å². The van der Waals surface area contributed by atoms with Crippen molar-refractivity contribution in [2.45, 2.75) is 12.3 Å². The van der Waals surface area contributed by atoms with Crippen LogP contribution in [0.2, 0.25) is 10.0 Å².